The van der Waals surface area contributed by atoms with Crippen molar-refractivity contribution in [1.29, 1.82) is 0 Å². The minimum absolute atomic E-state index is 0.682. The van der Waals surface area contributed by atoms with Gasteiger partial charge in [-0.3, -0.25) is 0 Å². The lowest BCUT2D eigenvalue weighted by molar-refractivity contribution is 0.606. The molecule has 106 valence electrons. The number of hydrogen-bond donors (Lipinski definition) is 2. The fraction of sp³-hybridized carbons (Fsp3) is 0.375. The Morgan fingerprint density at radius 3 is 2.40 bits per heavy atom. The molecule has 2 N–H and O–H groups in total. The van der Waals surface area contributed by atoms with Gasteiger partial charge in [0.15, 0.2) is 5.82 Å². The van der Waals surface area contributed by atoms with Gasteiger partial charge < -0.3 is 10.6 Å². The molecule has 0 unspecified atom stereocenters. The fourth-order valence-electron chi connectivity index (χ4n) is 1.87. The molecule has 0 atom stereocenters. The van der Waals surface area contributed by atoms with Gasteiger partial charge >= 0.3 is 0 Å². The Hall–Kier alpha value is -2.10. The summed E-state index contributed by atoms with van der Waals surface area (Å²) in [6.45, 7) is 5.36. The summed E-state index contributed by atoms with van der Waals surface area (Å²) in [4.78, 5) is 9.09. The lowest BCUT2D eigenvalue weighted by Gasteiger charge is -2.11. The molecular weight excluding hydrogens is 248 g/mol. The van der Waals surface area contributed by atoms with Crippen molar-refractivity contribution in [1.82, 2.24) is 9.97 Å². The second-order valence-electron chi connectivity index (χ2n) is 5.19. The van der Waals surface area contributed by atoms with E-state index >= 15 is 0 Å². The first-order valence-corrected chi connectivity index (χ1v) is 7.05. The standard InChI is InChI=1S/C16H22N4/c1-12(2)9-10-18-15-11-14(17-3)19-16(20-15)13-7-5-4-6-8-13/h4-8,11-12H,9-10H2,1-3H3,(H2,17,18,19,20). The molecule has 1 aromatic carbocycles. The van der Waals surface area contributed by atoms with E-state index in [9.17, 15) is 0 Å². The molecule has 0 amide bonds. The largest absolute Gasteiger partial charge is 0.373 e. The van der Waals surface area contributed by atoms with Crippen LogP contribution in [0.4, 0.5) is 11.6 Å². The number of aromatic nitrogens is 2. The summed E-state index contributed by atoms with van der Waals surface area (Å²) in [5.74, 6) is 3.11. The Morgan fingerprint density at radius 2 is 1.75 bits per heavy atom. The summed E-state index contributed by atoms with van der Waals surface area (Å²) in [6, 6.07) is 12.0. The van der Waals surface area contributed by atoms with E-state index in [0.717, 1.165) is 36.0 Å². The molecule has 1 heterocycles. The Morgan fingerprint density at radius 1 is 1.05 bits per heavy atom. The number of hydrogen-bond acceptors (Lipinski definition) is 4. The second-order valence-corrected chi connectivity index (χ2v) is 5.19. The molecular formula is C16H22N4. The highest BCUT2D eigenvalue weighted by Crippen LogP contribution is 2.19. The van der Waals surface area contributed by atoms with E-state index < -0.39 is 0 Å². The van der Waals surface area contributed by atoms with Crippen LogP contribution in [0.3, 0.4) is 0 Å². The van der Waals surface area contributed by atoms with Gasteiger partial charge in [0.25, 0.3) is 0 Å². The van der Waals surface area contributed by atoms with Crippen LogP contribution < -0.4 is 10.6 Å². The van der Waals surface area contributed by atoms with E-state index in [1.165, 1.54) is 0 Å². The topological polar surface area (TPSA) is 49.8 Å². The van der Waals surface area contributed by atoms with Crippen molar-refractivity contribution in [2.45, 2.75) is 20.3 Å². The number of nitrogens with zero attached hydrogens (tertiary/aromatic N) is 2. The highest BCUT2D eigenvalue weighted by molar-refractivity contribution is 5.61. The molecule has 0 aliphatic rings. The van der Waals surface area contributed by atoms with E-state index in [0.29, 0.717) is 5.92 Å². The van der Waals surface area contributed by atoms with E-state index in [4.69, 9.17) is 0 Å². The Labute approximate surface area is 120 Å². The maximum atomic E-state index is 4.59. The predicted molar refractivity (Wildman–Crippen MR) is 85.0 cm³/mol. The highest BCUT2D eigenvalue weighted by atomic mass is 15.1. The average molecular weight is 270 g/mol. The molecule has 0 saturated carbocycles. The second kappa shape index (κ2) is 6.89. The van der Waals surface area contributed by atoms with Crippen molar-refractivity contribution >= 4 is 11.6 Å². The molecule has 0 spiro atoms. The predicted octanol–water partition coefficient (Wildman–Crippen LogP) is 3.64. The van der Waals surface area contributed by atoms with Gasteiger partial charge in [0.2, 0.25) is 0 Å². The SMILES string of the molecule is CNc1cc(NCCC(C)C)nc(-c2ccccc2)n1. The summed E-state index contributed by atoms with van der Waals surface area (Å²) >= 11 is 0. The monoisotopic (exact) mass is 270 g/mol. The molecule has 0 aliphatic carbocycles. The zero-order valence-corrected chi connectivity index (χ0v) is 12.4. The van der Waals surface area contributed by atoms with Gasteiger partial charge in [-0.15, -0.1) is 0 Å². The number of benzene rings is 1. The smallest absolute Gasteiger partial charge is 0.163 e. The third-order valence-electron chi connectivity index (χ3n) is 3.04. The zero-order valence-electron chi connectivity index (χ0n) is 12.4. The van der Waals surface area contributed by atoms with Crippen LogP contribution in [0.5, 0.6) is 0 Å². The summed E-state index contributed by atoms with van der Waals surface area (Å²) in [5, 5.41) is 6.46. The Bertz CT molecular complexity index is 537. The van der Waals surface area contributed by atoms with Gasteiger partial charge in [-0.2, -0.15) is 0 Å². The van der Waals surface area contributed by atoms with Crippen molar-refractivity contribution in [3.63, 3.8) is 0 Å². The third kappa shape index (κ3) is 3.95. The molecule has 2 rings (SSSR count). The lowest BCUT2D eigenvalue weighted by atomic mass is 10.1. The van der Waals surface area contributed by atoms with Crippen molar-refractivity contribution in [3.05, 3.63) is 36.4 Å². The van der Waals surface area contributed by atoms with Crippen LogP contribution in [0.25, 0.3) is 11.4 Å². The van der Waals surface area contributed by atoms with Gasteiger partial charge in [-0.05, 0) is 12.3 Å². The van der Waals surface area contributed by atoms with Crippen molar-refractivity contribution in [3.8, 4) is 11.4 Å². The van der Waals surface area contributed by atoms with E-state index in [-0.39, 0.29) is 0 Å². The summed E-state index contributed by atoms with van der Waals surface area (Å²) < 4.78 is 0. The molecule has 0 saturated heterocycles. The van der Waals surface area contributed by atoms with Gasteiger partial charge in [0.05, 0.1) is 0 Å². The van der Waals surface area contributed by atoms with Gasteiger partial charge in [-0.1, -0.05) is 44.2 Å². The molecule has 0 aliphatic heterocycles. The molecule has 20 heavy (non-hydrogen) atoms. The molecule has 0 radical (unpaired) electrons. The molecule has 2 aromatic rings. The maximum Gasteiger partial charge on any atom is 0.163 e. The van der Waals surface area contributed by atoms with Crippen molar-refractivity contribution in [2.24, 2.45) is 5.92 Å². The summed E-state index contributed by atoms with van der Waals surface area (Å²) in [6.07, 6.45) is 1.12. The first-order chi connectivity index (χ1) is 9.69. The first kappa shape index (κ1) is 14.3. The van der Waals surface area contributed by atoms with Crippen LogP contribution in [-0.4, -0.2) is 23.6 Å². The molecule has 1 aromatic heterocycles. The first-order valence-electron chi connectivity index (χ1n) is 7.05. The third-order valence-corrected chi connectivity index (χ3v) is 3.04. The minimum Gasteiger partial charge on any atom is -0.373 e. The minimum atomic E-state index is 0.682. The van der Waals surface area contributed by atoms with Crippen LogP contribution >= 0.6 is 0 Å². The molecule has 4 heteroatoms. The van der Waals surface area contributed by atoms with Gasteiger partial charge in [0, 0.05) is 25.2 Å². The quantitative estimate of drug-likeness (QED) is 0.841. The fourth-order valence-corrected chi connectivity index (χ4v) is 1.87. The van der Waals surface area contributed by atoms with Crippen LogP contribution in [0.15, 0.2) is 36.4 Å². The van der Waals surface area contributed by atoms with Crippen LogP contribution in [-0.2, 0) is 0 Å². The summed E-state index contributed by atoms with van der Waals surface area (Å²) in [5.41, 5.74) is 1.02. The molecule has 4 nitrogen and oxygen atoms in total. The summed E-state index contributed by atoms with van der Waals surface area (Å²) in [7, 11) is 1.87. The van der Waals surface area contributed by atoms with Crippen molar-refractivity contribution in [2.75, 3.05) is 24.2 Å². The maximum absolute atomic E-state index is 4.59. The molecule has 0 bridgehead atoms. The lowest BCUT2D eigenvalue weighted by Crippen LogP contribution is -2.08. The normalized spacial score (nSPS) is 10.6. The zero-order chi connectivity index (χ0) is 14.4. The highest BCUT2D eigenvalue weighted by Gasteiger charge is 2.06. The van der Waals surface area contributed by atoms with Crippen LogP contribution in [0, 0.1) is 5.92 Å². The average Bonchev–Trinajstić information content (AvgIpc) is 2.47. The van der Waals surface area contributed by atoms with E-state index in [1.807, 2.05) is 43.4 Å². The van der Waals surface area contributed by atoms with Crippen LogP contribution in [0.1, 0.15) is 20.3 Å². The van der Waals surface area contributed by atoms with Crippen molar-refractivity contribution < 1.29 is 0 Å². The van der Waals surface area contributed by atoms with Gasteiger partial charge in [0.1, 0.15) is 11.6 Å². The van der Waals surface area contributed by atoms with E-state index in [2.05, 4.69) is 34.4 Å². The van der Waals surface area contributed by atoms with Gasteiger partial charge in [-0.25, -0.2) is 9.97 Å². The Balaban J connectivity index is 2.20. The van der Waals surface area contributed by atoms with E-state index in [1.54, 1.807) is 0 Å². The number of nitrogens with one attached hydrogen (secondary N) is 2. The molecule has 0 fully saturated rings. The number of anilines is 2. The Kier molecular flexibility index (Phi) is 4.93. The van der Waals surface area contributed by atoms with Crippen LogP contribution in [0.2, 0.25) is 0 Å². The number of rotatable bonds is 6.